The molecule has 7 nitrogen and oxygen atoms in total. The number of nitrogens with one attached hydrogen (secondary N) is 1. The molecule has 1 fully saturated rings. The van der Waals surface area contributed by atoms with Gasteiger partial charge in [-0.25, -0.2) is 0 Å². The van der Waals surface area contributed by atoms with Crippen LogP contribution in [0.4, 0.5) is 0 Å². The van der Waals surface area contributed by atoms with Crippen molar-refractivity contribution in [2.24, 2.45) is 0 Å². The molecular formula is C21H22N2O5S. The van der Waals surface area contributed by atoms with Crippen molar-refractivity contribution in [2.75, 3.05) is 27.1 Å². The summed E-state index contributed by atoms with van der Waals surface area (Å²) < 4.78 is 15.9. The fourth-order valence-electron chi connectivity index (χ4n) is 3.74. The zero-order valence-electron chi connectivity index (χ0n) is 16.4. The van der Waals surface area contributed by atoms with Gasteiger partial charge in [0.05, 0.1) is 26.9 Å². The Labute approximate surface area is 173 Å². The molecule has 2 unspecified atom stereocenters. The number of rotatable bonds is 6. The van der Waals surface area contributed by atoms with Gasteiger partial charge >= 0.3 is 0 Å². The third kappa shape index (κ3) is 3.27. The van der Waals surface area contributed by atoms with Crippen molar-refractivity contribution in [3.05, 3.63) is 53.1 Å². The average Bonchev–Trinajstić information content (AvgIpc) is 3.31. The van der Waals surface area contributed by atoms with Gasteiger partial charge in [0.1, 0.15) is 17.2 Å². The van der Waals surface area contributed by atoms with Crippen LogP contribution in [-0.4, -0.2) is 49.8 Å². The largest absolute Gasteiger partial charge is 0.497 e. The maximum Gasteiger partial charge on any atom is 0.260 e. The van der Waals surface area contributed by atoms with Crippen LogP contribution in [0, 0.1) is 0 Å². The first kappa shape index (κ1) is 19.4. The number of benzene rings is 2. The van der Waals surface area contributed by atoms with Gasteiger partial charge in [0, 0.05) is 17.9 Å². The van der Waals surface area contributed by atoms with E-state index in [0.717, 1.165) is 16.9 Å². The maximum absolute atomic E-state index is 13.2. The number of thioether (sulfide) groups is 1. The Balaban J connectivity index is 1.51. The van der Waals surface area contributed by atoms with Crippen LogP contribution in [0.2, 0.25) is 0 Å². The van der Waals surface area contributed by atoms with E-state index in [4.69, 9.17) is 14.2 Å². The van der Waals surface area contributed by atoms with Gasteiger partial charge in [-0.3, -0.25) is 9.59 Å². The van der Waals surface area contributed by atoms with E-state index in [1.165, 1.54) is 14.2 Å². The van der Waals surface area contributed by atoms with Crippen molar-refractivity contribution >= 4 is 23.6 Å². The Morgan fingerprint density at radius 3 is 2.52 bits per heavy atom. The highest BCUT2D eigenvalue weighted by atomic mass is 32.2. The number of carbonyl (C=O) groups excluding carboxylic acids is 2. The highest BCUT2D eigenvalue weighted by Crippen LogP contribution is 2.52. The zero-order valence-corrected chi connectivity index (χ0v) is 17.2. The molecule has 2 aliphatic heterocycles. The van der Waals surface area contributed by atoms with Gasteiger partial charge in [0.25, 0.3) is 5.91 Å². The summed E-state index contributed by atoms with van der Waals surface area (Å²) in [4.78, 5) is 27.7. The first-order chi connectivity index (χ1) is 14.1. The van der Waals surface area contributed by atoms with Crippen molar-refractivity contribution in [1.82, 2.24) is 10.2 Å². The monoisotopic (exact) mass is 414 g/mol. The Bertz CT molecular complexity index is 947. The molecule has 0 saturated carbocycles. The molecule has 2 aromatic carbocycles. The van der Waals surface area contributed by atoms with E-state index in [1.54, 1.807) is 29.8 Å². The van der Waals surface area contributed by atoms with Crippen LogP contribution in [0.3, 0.4) is 0 Å². The topological polar surface area (TPSA) is 77.1 Å². The van der Waals surface area contributed by atoms with Crippen LogP contribution in [0.25, 0.3) is 0 Å². The summed E-state index contributed by atoms with van der Waals surface area (Å²) in [6.45, 7) is 0.390. The maximum atomic E-state index is 13.2. The second-order valence-electron chi connectivity index (χ2n) is 6.75. The van der Waals surface area contributed by atoms with Crippen molar-refractivity contribution in [3.8, 4) is 17.2 Å². The van der Waals surface area contributed by atoms with Gasteiger partial charge in [0.2, 0.25) is 5.91 Å². The number of nitrogens with zero attached hydrogens (tertiary/aromatic N) is 1. The van der Waals surface area contributed by atoms with Crippen molar-refractivity contribution in [2.45, 2.75) is 18.0 Å². The predicted octanol–water partition coefficient (Wildman–Crippen LogP) is 2.60. The Morgan fingerprint density at radius 1 is 1.10 bits per heavy atom. The number of fused-ring (bicyclic) bond motifs is 3. The van der Waals surface area contributed by atoms with Crippen LogP contribution in [0.15, 0.2) is 36.4 Å². The minimum absolute atomic E-state index is 0.164. The van der Waals surface area contributed by atoms with Crippen LogP contribution < -0.4 is 19.5 Å². The first-order valence-electron chi connectivity index (χ1n) is 9.18. The normalized spacial score (nSPS) is 19.6. The number of hydrogen-bond donors (Lipinski definition) is 1. The molecule has 152 valence electrons. The van der Waals surface area contributed by atoms with Crippen molar-refractivity contribution in [3.63, 3.8) is 0 Å². The van der Waals surface area contributed by atoms with Gasteiger partial charge in [-0.15, -0.1) is 11.8 Å². The molecule has 2 heterocycles. The van der Waals surface area contributed by atoms with Gasteiger partial charge in [-0.05, 0) is 23.8 Å². The molecule has 2 amide bonds. The molecule has 2 aliphatic rings. The highest BCUT2D eigenvalue weighted by Gasteiger charge is 2.50. The summed E-state index contributed by atoms with van der Waals surface area (Å²) in [6.07, 6.45) is 0. The standard InChI is InChI=1S/C21H22N2O5S/c1-26-13-6-4-12(5-7-13)10-22-19(24)15-11-29-21-14-8-9-16(27-2)18(28-3)17(14)20(25)23(15)21/h4-9,15,21H,10-11H2,1-3H3,(H,22,24). The van der Waals surface area contributed by atoms with Crippen LogP contribution in [0.5, 0.6) is 17.2 Å². The van der Waals surface area contributed by atoms with Crippen molar-refractivity contribution in [1.29, 1.82) is 0 Å². The van der Waals surface area contributed by atoms with Crippen molar-refractivity contribution < 1.29 is 23.8 Å². The molecular weight excluding hydrogens is 392 g/mol. The molecule has 2 atom stereocenters. The number of ether oxygens (including phenoxy) is 3. The minimum Gasteiger partial charge on any atom is -0.497 e. The molecule has 0 aromatic heterocycles. The molecule has 0 radical (unpaired) electrons. The van der Waals surface area contributed by atoms with E-state index in [1.807, 2.05) is 30.3 Å². The molecule has 8 heteroatoms. The fraction of sp³-hybridized carbons (Fsp3) is 0.333. The van der Waals surface area contributed by atoms with E-state index >= 15 is 0 Å². The summed E-state index contributed by atoms with van der Waals surface area (Å²) in [5, 5.41) is 2.76. The average molecular weight is 414 g/mol. The Hall–Kier alpha value is -2.87. The highest BCUT2D eigenvalue weighted by molar-refractivity contribution is 7.99. The van der Waals surface area contributed by atoms with Crippen LogP contribution in [0.1, 0.15) is 26.9 Å². The van der Waals surface area contributed by atoms with E-state index in [0.29, 0.717) is 29.4 Å². The number of carbonyl (C=O) groups is 2. The molecule has 2 aromatic rings. The summed E-state index contributed by atoms with van der Waals surface area (Å²) in [6, 6.07) is 10.7. The van der Waals surface area contributed by atoms with Crippen LogP contribution >= 0.6 is 11.8 Å². The van der Waals surface area contributed by atoms with E-state index in [9.17, 15) is 9.59 Å². The third-order valence-electron chi connectivity index (χ3n) is 5.22. The van der Waals surface area contributed by atoms with Gasteiger partial charge in [0.15, 0.2) is 11.5 Å². The number of methoxy groups -OCH3 is 3. The SMILES string of the molecule is COc1ccc(CNC(=O)C2CSC3c4ccc(OC)c(OC)c4C(=O)N23)cc1. The fourth-order valence-corrected chi connectivity index (χ4v) is 5.20. The lowest BCUT2D eigenvalue weighted by molar-refractivity contribution is -0.124. The molecule has 4 rings (SSSR count). The van der Waals surface area contributed by atoms with E-state index in [2.05, 4.69) is 5.32 Å². The minimum atomic E-state index is -0.529. The molecule has 1 saturated heterocycles. The molecule has 1 N–H and O–H groups in total. The summed E-state index contributed by atoms with van der Waals surface area (Å²) >= 11 is 1.59. The Morgan fingerprint density at radius 2 is 1.86 bits per heavy atom. The molecule has 0 bridgehead atoms. The van der Waals surface area contributed by atoms with Gasteiger partial charge in [-0.2, -0.15) is 0 Å². The molecule has 0 spiro atoms. The van der Waals surface area contributed by atoms with E-state index < -0.39 is 6.04 Å². The lowest BCUT2D eigenvalue weighted by Gasteiger charge is -2.22. The lowest BCUT2D eigenvalue weighted by Crippen LogP contribution is -2.45. The van der Waals surface area contributed by atoms with Gasteiger partial charge in [-0.1, -0.05) is 18.2 Å². The summed E-state index contributed by atoms with van der Waals surface area (Å²) in [5.41, 5.74) is 2.31. The number of amides is 2. The lowest BCUT2D eigenvalue weighted by atomic mass is 10.1. The zero-order chi connectivity index (χ0) is 20.5. The number of hydrogen-bond acceptors (Lipinski definition) is 6. The van der Waals surface area contributed by atoms with Gasteiger partial charge < -0.3 is 24.4 Å². The first-order valence-corrected chi connectivity index (χ1v) is 10.2. The Kier molecular flexibility index (Phi) is 5.27. The second-order valence-corrected chi connectivity index (χ2v) is 7.86. The molecule has 0 aliphatic carbocycles. The van der Waals surface area contributed by atoms with Crippen LogP contribution in [-0.2, 0) is 11.3 Å². The molecule has 29 heavy (non-hydrogen) atoms. The third-order valence-corrected chi connectivity index (χ3v) is 6.53. The quantitative estimate of drug-likeness (QED) is 0.783. The van der Waals surface area contributed by atoms with E-state index in [-0.39, 0.29) is 17.2 Å². The summed E-state index contributed by atoms with van der Waals surface area (Å²) in [7, 11) is 4.66. The second kappa shape index (κ2) is 7.87. The predicted molar refractivity (Wildman–Crippen MR) is 110 cm³/mol. The smallest absolute Gasteiger partial charge is 0.260 e. The summed E-state index contributed by atoms with van der Waals surface area (Å²) in [5.74, 6) is 1.88.